The van der Waals surface area contributed by atoms with Crippen LogP contribution in [0.5, 0.6) is 0 Å². The van der Waals surface area contributed by atoms with E-state index in [9.17, 15) is 4.79 Å². The quantitative estimate of drug-likeness (QED) is 0.880. The van der Waals surface area contributed by atoms with Crippen LogP contribution in [0.2, 0.25) is 0 Å². The van der Waals surface area contributed by atoms with Crippen molar-refractivity contribution in [3.8, 4) is 0 Å². The van der Waals surface area contributed by atoms with Crippen LogP contribution in [0.15, 0.2) is 15.0 Å². The summed E-state index contributed by atoms with van der Waals surface area (Å²) < 4.78 is 10.2. The minimum absolute atomic E-state index is 0.323. The van der Waals surface area contributed by atoms with Gasteiger partial charge in [0.25, 0.3) is 0 Å². The predicted octanol–water partition coefficient (Wildman–Crippen LogP) is 1.95. The van der Waals surface area contributed by atoms with Crippen LogP contribution >= 0.6 is 0 Å². The van der Waals surface area contributed by atoms with Crippen molar-refractivity contribution in [3.63, 3.8) is 0 Å². The molecule has 2 aromatic heterocycles. The van der Waals surface area contributed by atoms with Crippen molar-refractivity contribution < 1.29 is 13.7 Å². The van der Waals surface area contributed by atoms with Gasteiger partial charge in [-0.2, -0.15) is 0 Å². The zero-order chi connectivity index (χ0) is 13.8. The Labute approximate surface area is 110 Å². The second-order valence-electron chi connectivity index (χ2n) is 4.20. The zero-order valence-electron chi connectivity index (χ0n) is 11.1. The Bertz CT molecular complexity index is 573. The Kier molecular flexibility index (Phi) is 3.84. The predicted molar refractivity (Wildman–Crippen MR) is 67.9 cm³/mol. The number of carbonyl (C=O) groups excluding carboxylic acids is 1. The van der Waals surface area contributed by atoms with E-state index in [-0.39, 0.29) is 6.03 Å². The van der Waals surface area contributed by atoms with E-state index in [0.29, 0.717) is 30.4 Å². The van der Waals surface area contributed by atoms with Crippen molar-refractivity contribution in [2.24, 2.45) is 0 Å². The van der Waals surface area contributed by atoms with Gasteiger partial charge in [0.15, 0.2) is 5.89 Å². The lowest BCUT2D eigenvalue weighted by molar-refractivity contribution is 0.251. The van der Waals surface area contributed by atoms with Crippen molar-refractivity contribution in [1.29, 1.82) is 0 Å². The second-order valence-corrected chi connectivity index (χ2v) is 4.20. The largest absolute Gasteiger partial charge is 0.446 e. The number of rotatable bonds is 4. The Morgan fingerprint density at radius 3 is 2.74 bits per heavy atom. The number of anilines is 1. The molecule has 2 amide bonds. The number of aromatic nitrogens is 2. The number of oxazole rings is 1. The van der Waals surface area contributed by atoms with E-state index in [1.165, 1.54) is 0 Å². The maximum absolute atomic E-state index is 11.5. The van der Waals surface area contributed by atoms with Crippen LogP contribution in [-0.2, 0) is 6.42 Å². The van der Waals surface area contributed by atoms with Gasteiger partial charge >= 0.3 is 6.03 Å². The lowest BCUT2D eigenvalue weighted by Crippen LogP contribution is -2.30. The monoisotopic (exact) mass is 264 g/mol. The molecule has 0 atom stereocenters. The van der Waals surface area contributed by atoms with Crippen LogP contribution < -0.4 is 10.6 Å². The molecule has 0 fully saturated rings. The summed E-state index contributed by atoms with van der Waals surface area (Å²) in [5.74, 6) is 1.74. The fourth-order valence-electron chi connectivity index (χ4n) is 1.68. The van der Waals surface area contributed by atoms with Crippen LogP contribution in [0.25, 0.3) is 0 Å². The average molecular weight is 264 g/mol. The zero-order valence-corrected chi connectivity index (χ0v) is 11.1. The lowest BCUT2D eigenvalue weighted by atomic mass is 10.3. The van der Waals surface area contributed by atoms with E-state index in [1.807, 2.05) is 6.92 Å². The van der Waals surface area contributed by atoms with Gasteiger partial charge in [-0.25, -0.2) is 9.78 Å². The first-order chi connectivity index (χ1) is 9.04. The third-order valence-corrected chi connectivity index (χ3v) is 2.51. The molecule has 0 spiro atoms. The summed E-state index contributed by atoms with van der Waals surface area (Å²) in [5, 5.41) is 8.92. The maximum atomic E-state index is 11.5. The molecule has 0 radical (unpaired) electrons. The molecule has 2 N–H and O–H groups in total. The highest BCUT2D eigenvalue weighted by atomic mass is 16.5. The highest BCUT2D eigenvalue weighted by molar-refractivity contribution is 5.87. The van der Waals surface area contributed by atoms with Gasteiger partial charge in [-0.15, -0.1) is 0 Å². The molecular weight excluding hydrogens is 248 g/mol. The smallest absolute Gasteiger partial charge is 0.321 e. The number of urea groups is 1. The SMILES string of the molecule is Cc1cc(NC(=O)NCCc2nc(C)oc2C)on1. The summed E-state index contributed by atoms with van der Waals surface area (Å²) >= 11 is 0. The summed E-state index contributed by atoms with van der Waals surface area (Å²) in [4.78, 5) is 15.8. The van der Waals surface area contributed by atoms with Gasteiger partial charge in [-0.3, -0.25) is 5.32 Å². The van der Waals surface area contributed by atoms with E-state index in [1.54, 1.807) is 19.9 Å². The first-order valence-corrected chi connectivity index (χ1v) is 5.95. The van der Waals surface area contributed by atoms with Crippen molar-refractivity contribution in [3.05, 3.63) is 29.1 Å². The van der Waals surface area contributed by atoms with Gasteiger partial charge in [-0.1, -0.05) is 5.16 Å². The average Bonchev–Trinajstić information content (AvgIpc) is 2.86. The van der Waals surface area contributed by atoms with Gasteiger partial charge in [0, 0.05) is 26.0 Å². The molecule has 0 unspecified atom stereocenters. The van der Waals surface area contributed by atoms with Gasteiger partial charge in [0.1, 0.15) is 5.76 Å². The van der Waals surface area contributed by atoms with E-state index < -0.39 is 0 Å². The van der Waals surface area contributed by atoms with Gasteiger partial charge in [0.05, 0.1) is 11.4 Å². The Morgan fingerprint density at radius 1 is 1.37 bits per heavy atom. The minimum atomic E-state index is -0.339. The fourth-order valence-corrected chi connectivity index (χ4v) is 1.68. The fraction of sp³-hybridized carbons (Fsp3) is 0.417. The third-order valence-electron chi connectivity index (χ3n) is 2.51. The molecule has 0 bridgehead atoms. The third kappa shape index (κ3) is 3.57. The van der Waals surface area contributed by atoms with E-state index in [4.69, 9.17) is 8.94 Å². The second kappa shape index (κ2) is 5.55. The molecule has 7 nitrogen and oxygen atoms in total. The van der Waals surface area contributed by atoms with E-state index >= 15 is 0 Å². The molecule has 2 rings (SSSR count). The summed E-state index contributed by atoms with van der Waals surface area (Å²) in [7, 11) is 0. The topological polar surface area (TPSA) is 93.2 Å². The van der Waals surface area contributed by atoms with Crippen LogP contribution in [0.4, 0.5) is 10.7 Å². The van der Waals surface area contributed by atoms with Gasteiger partial charge in [-0.05, 0) is 13.8 Å². The first kappa shape index (κ1) is 13.1. The molecule has 7 heteroatoms. The minimum Gasteiger partial charge on any atom is -0.446 e. The van der Waals surface area contributed by atoms with E-state index in [0.717, 1.165) is 11.5 Å². The van der Waals surface area contributed by atoms with Gasteiger partial charge < -0.3 is 14.3 Å². The number of hydrogen-bond donors (Lipinski definition) is 2. The molecule has 0 aliphatic rings. The van der Waals surface area contributed by atoms with Gasteiger partial charge in [0.2, 0.25) is 5.88 Å². The molecule has 2 aromatic rings. The summed E-state index contributed by atoms with van der Waals surface area (Å²) in [5.41, 5.74) is 1.57. The molecule has 0 saturated heterocycles. The van der Waals surface area contributed by atoms with Crippen LogP contribution in [0, 0.1) is 20.8 Å². The molecule has 19 heavy (non-hydrogen) atoms. The molecule has 0 aliphatic heterocycles. The molecule has 0 aliphatic carbocycles. The van der Waals surface area contributed by atoms with Crippen molar-refractivity contribution in [2.45, 2.75) is 27.2 Å². The number of carbonyl (C=O) groups is 1. The van der Waals surface area contributed by atoms with Crippen LogP contribution in [0.1, 0.15) is 23.0 Å². The number of nitrogens with one attached hydrogen (secondary N) is 2. The van der Waals surface area contributed by atoms with Crippen molar-refractivity contribution in [2.75, 3.05) is 11.9 Å². The molecule has 2 heterocycles. The van der Waals surface area contributed by atoms with Crippen molar-refractivity contribution in [1.82, 2.24) is 15.5 Å². The summed E-state index contributed by atoms with van der Waals surface area (Å²) in [6.45, 7) is 5.89. The number of aryl methyl sites for hydroxylation is 3. The summed E-state index contributed by atoms with van der Waals surface area (Å²) in [6, 6.07) is 1.30. The van der Waals surface area contributed by atoms with Crippen molar-refractivity contribution >= 4 is 11.9 Å². The standard InChI is InChI=1S/C12H16N4O3/c1-7-6-11(19-16-7)15-12(17)13-5-4-10-8(2)18-9(3)14-10/h6H,4-5H2,1-3H3,(H2,13,15,17). The first-order valence-electron chi connectivity index (χ1n) is 5.95. The normalized spacial score (nSPS) is 10.5. The Balaban J connectivity index is 1.76. The number of amides is 2. The summed E-state index contributed by atoms with van der Waals surface area (Å²) in [6.07, 6.45) is 0.617. The lowest BCUT2D eigenvalue weighted by Gasteiger charge is -2.03. The number of hydrogen-bond acceptors (Lipinski definition) is 5. The Hall–Kier alpha value is -2.31. The maximum Gasteiger partial charge on any atom is 0.321 e. The molecule has 0 saturated carbocycles. The highest BCUT2D eigenvalue weighted by Gasteiger charge is 2.08. The number of nitrogens with zero attached hydrogens (tertiary/aromatic N) is 2. The van der Waals surface area contributed by atoms with E-state index in [2.05, 4.69) is 20.8 Å². The molecule has 102 valence electrons. The Morgan fingerprint density at radius 2 is 2.16 bits per heavy atom. The highest BCUT2D eigenvalue weighted by Crippen LogP contribution is 2.09. The van der Waals surface area contributed by atoms with Crippen LogP contribution in [-0.4, -0.2) is 22.7 Å². The molecular formula is C12H16N4O3. The molecule has 0 aromatic carbocycles. The van der Waals surface area contributed by atoms with Crippen LogP contribution in [0.3, 0.4) is 0 Å².